The molecule has 0 saturated carbocycles. The predicted octanol–water partition coefficient (Wildman–Crippen LogP) is 7.68. The van der Waals surface area contributed by atoms with Gasteiger partial charge in [-0.1, -0.05) is 25.0 Å². The van der Waals surface area contributed by atoms with Crippen molar-refractivity contribution in [3.8, 4) is 15.8 Å². The number of benzene rings is 1. The van der Waals surface area contributed by atoms with Gasteiger partial charge in [-0.25, -0.2) is 9.78 Å². The Balaban J connectivity index is 1.13. The van der Waals surface area contributed by atoms with Gasteiger partial charge in [0.05, 0.1) is 31.4 Å². The number of hydrogen-bond donors (Lipinski definition) is 1. The largest absolute Gasteiger partial charge is 0.448 e. The first-order valence-corrected chi connectivity index (χ1v) is 16.7. The lowest BCUT2D eigenvalue weighted by atomic mass is 10.2. The Morgan fingerprint density at radius 3 is 2.59 bits per heavy atom. The van der Waals surface area contributed by atoms with E-state index in [-0.39, 0.29) is 6.61 Å². The number of halogens is 1. The average Bonchev–Trinajstić information content (AvgIpc) is 3.80. The first kappa shape index (κ1) is 33.5. The van der Waals surface area contributed by atoms with E-state index in [0.717, 1.165) is 63.3 Å². The van der Waals surface area contributed by atoms with Crippen molar-refractivity contribution in [2.45, 2.75) is 25.7 Å². The smallest absolute Gasteiger partial charge is 0.407 e. The van der Waals surface area contributed by atoms with Crippen LogP contribution < -0.4 is 10.2 Å². The average molecular weight is 657 g/mol. The number of nitrogens with one attached hydrogen (secondary N) is 1. The molecule has 0 radical (unpaired) electrons. The number of thiophene rings is 2. The monoisotopic (exact) mass is 656 g/mol. The van der Waals surface area contributed by atoms with Crippen molar-refractivity contribution >= 4 is 68.1 Å². The van der Waals surface area contributed by atoms with E-state index in [4.69, 9.17) is 30.2 Å². The van der Waals surface area contributed by atoms with Crippen LogP contribution in [0.2, 0.25) is 0 Å². The summed E-state index contributed by atoms with van der Waals surface area (Å²) in [5, 5.41) is 13.5. The summed E-state index contributed by atoms with van der Waals surface area (Å²) < 4.78 is 22.1. The van der Waals surface area contributed by atoms with Crippen molar-refractivity contribution < 1.29 is 23.4 Å². The molecule has 0 unspecified atom stereocenters. The molecular weight excluding hydrogens is 620 g/mol. The lowest BCUT2D eigenvalue weighted by Crippen LogP contribution is -2.31. The SMILES string of the molecule is CN(CCOC(=O)NCCOCCOCCCCCCCl)c1ccc(-c2ccc(/C=C(\C#N)c3nc4ccccc4o3)s2)s1. The number of hydrogen-bond acceptors (Lipinski definition) is 10. The van der Waals surface area contributed by atoms with Gasteiger partial charge in [0.2, 0.25) is 5.89 Å². The van der Waals surface area contributed by atoms with Crippen molar-refractivity contribution in [2.75, 3.05) is 64.0 Å². The van der Waals surface area contributed by atoms with Crippen molar-refractivity contribution in [1.29, 1.82) is 5.26 Å². The number of aromatic nitrogens is 1. The Morgan fingerprint density at radius 2 is 1.77 bits per heavy atom. The molecule has 0 fully saturated rings. The second-order valence-electron chi connectivity index (χ2n) is 9.81. The fraction of sp³-hybridized carbons (Fsp3) is 0.406. The molecule has 0 aliphatic heterocycles. The molecule has 0 aliphatic carbocycles. The van der Waals surface area contributed by atoms with Crippen LogP contribution in [0.25, 0.3) is 32.5 Å². The molecule has 0 atom stereocenters. The first-order valence-electron chi connectivity index (χ1n) is 14.6. The van der Waals surface area contributed by atoms with Crippen LogP contribution in [0, 0.1) is 11.3 Å². The lowest BCUT2D eigenvalue weighted by molar-refractivity contribution is 0.0469. The second kappa shape index (κ2) is 18.4. The summed E-state index contributed by atoms with van der Waals surface area (Å²) in [6, 6.07) is 17.8. The van der Waals surface area contributed by atoms with Crippen LogP contribution >= 0.6 is 34.3 Å². The number of ether oxygens (including phenoxy) is 3. The van der Waals surface area contributed by atoms with Crippen LogP contribution in [0.15, 0.2) is 52.9 Å². The molecule has 3 aromatic heterocycles. The Morgan fingerprint density at radius 1 is 1.00 bits per heavy atom. The van der Waals surface area contributed by atoms with Gasteiger partial charge in [-0.05, 0) is 55.3 Å². The highest BCUT2D eigenvalue weighted by molar-refractivity contribution is 7.24. The van der Waals surface area contributed by atoms with Crippen LogP contribution in [-0.4, -0.2) is 70.1 Å². The van der Waals surface area contributed by atoms with Gasteiger partial charge >= 0.3 is 6.09 Å². The van der Waals surface area contributed by atoms with E-state index >= 15 is 0 Å². The number of nitrogens with zero attached hydrogens (tertiary/aromatic N) is 3. The Labute approximate surface area is 271 Å². The molecule has 4 aromatic rings. The number of oxazole rings is 1. The van der Waals surface area contributed by atoms with E-state index in [0.29, 0.717) is 50.0 Å². The van der Waals surface area contributed by atoms with Crippen LogP contribution in [0.3, 0.4) is 0 Å². The number of para-hydroxylation sites is 2. The maximum atomic E-state index is 12.0. The summed E-state index contributed by atoms with van der Waals surface area (Å²) in [4.78, 5) is 21.6. The number of nitriles is 1. The number of alkyl halides is 1. The van der Waals surface area contributed by atoms with Crippen LogP contribution in [0.5, 0.6) is 0 Å². The number of anilines is 1. The van der Waals surface area contributed by atoms with E-state index in [1.165, 1.54) is 0 Å². The molecule has 3 heterocycles. The molecular formula is C32H37ClN4O5S2. The Hall–Kier alpha value is -3.40. The number of carbonyl (C=O) groups is 1. The highest BCUT2D eigenvalue weighted by Crippen LogP contribution is 2.38. The van der Waals surface area contributed by atoms with E-state index in [2.05, 4.69) is 33.4 Å². The van der Waals surface area contributed by atoms with Crippen molar-refractivity contribution in [1.82, 2.24) is 10.3 Å². The normalized spacial score (nSPS) is 11.5. The maximum absolute atomic E-state index is 12.0. The topological polar surface area (TPSA) is 110 Å². The number of unbranched alkanes of at least 4 members (excludes halogenated alkanes) is 3. The Kier molecular flexibility index (Phi) is 14.0. The molecule has 234 valence electrons. The zero-order valence-corrected chi connectivity index (χ0v) is 27.1. The Bertz CT molecular complexity index is 1490. The number of allylic oxidation sites excluding steroid dienone is 1. The predicted molar refractivity (Wildman–Crippen MR) is 179 cm³/mol. The molecule has 44 heavy (non-hydrogen) atoms. The van der Waals surface area contributed by atoms with Crippen molar-refractivity contribution in [3.05, 3.63) is 59.3 Å². The van der Waals surface area contributed by atoms with Crippen molar-refractivity contribution in [2.24, 2.45) is 0 Å². The van der Waals surface area contributed by atoms with Crippen LogP contribution in [-0.2, 0) is 14.2 Å². The summed E-state index contributed by atoms with van der Waals surface area (Å²) in [6.07, 6.45) is 5.71. The summed E-state index contributed by atoms with van der Waals surface area (Å²) >= 11 is 8.91. The van der Waals surface area contributed by atoms with Gasteiger partial charge in [0.15, 0.2) is 5.58 Å². The summed E-state index contributed by atoms with van der Waals surface area (Å²) in [5.41, 5.74) is 1.75. The van der Waals surface area contributed by atoms with Crippen molar-refractivity contribution in [3.63, 3.8) is 0 Å². The van der Waals surface area contributed by atoms with E-state index < -0.39 is 6.09 Å². The number of alkyl carbamates (subject to hydrolysis) is 1. The molecule has 1 aromatic carbocycles. The fourth-order valence-corrected chi connectivity index (χ4v) is 6.36. The third kappa shape index (κ3) is 10.6. The summed E-state index contributed by atoms with van der Waals surface area (Å²) in [7, 11) is 1.97. The second-order valence-corrected chi connectivity index (χ2v) is 12.4. The summed E-state index contributed by atoms with van der Waals surface area (Å²) in [6.45, 7) is 3.38. The highest BCUT2D eigenvalue weighted by Gasteiger charge is 2.13. The number of rotatable bonds is 19. The third-order valence-electron chi connectivity index (χ3n) is 6.49. The third-order valence-corrected chi connectivity index (χ3v) is 9.18. The molecule has 0 bridgehead atoms. The van der Waals surface area contributed by atoms with E-state index in [9.17, 15) is 10.1 Å². The minimum atomic E-state index is -0.462. The van der Waals surface area contributed by atoms with Gasteiger partial charge in [0.1, 0.15) is 23.8 Å². The quantitative estimate of drug-likeness (QED) is 0.0622. The van der Waals surface area contributed by atoms with E-state index in [1.54, 1.807) is 28.7 Å². The molecule has 0 spiro atoms. The number of likely N-dealkylation sites (N-methyl/N-ethyl adjacent to an activating group) is 1. The van der Waals surface area contributed by atoms with Gasteiger partial charge in [0.25, 0.3) is 0 Å². The first-order chi connectivity index (χ1) is 21.6. The van der Waals surface area contributed by atoms with Crippen LogP contribution in [0.1, 0.15) is 36.5 Å². The molecule has 0 saturated heterocycles. The fourth-order valence-electron chi connectivity index (χ4n) is 4.14. The molecule has 9 nitrogen and oxygen atoms in total. The maximum Gasteiger partial charge on any atom is 0.407 e. The standard InChI is InChI=1S/C32H37ClN4O5S2/c1-37(16-19-41-32(38)35-15-18-40-21-20-39-17-7-3-2-6-14-33)30-13-12-29(44-30)28-11-10-25(43-28)22-24(23-34)31-36-26-8-4-5-9-27(26)42-31/h4-5,8-13,22H,2-3,6-7,14-21H2,1H3,(H,35,38)/b24-22+. The molecule has 12 heteroatoms. The molecule has 1 N–H and O–H groups in total. The summed E-state index contributed by atoms with van der Waals surface area (Å²) in [5.74, 6) is 1.03. The number of carbonyl (C=O) groups excluding carboxylic acids is 1. The van der Waals surface area contributed by atoms with Gasteiger partial charge in [-0.15, -0.1) is 34.3 Å². The number of amides is 1. The highest BCUT2D eigenvalue weighted by atomic mass is 35.5. The zero-order chi connectivity index (χ0) is 31.0. The van der Waals surface area contributed by atoms with Gasteiger partial charge in [-0.3, -0.25) is 0 Å². The number of fused-ring (bicyclic) bond motifs is 1. The van der Waals surface area contributed by atoms with Gasteiger partial charge in [-0.2, -0.15) is 5.26 Å². The molecule has 4 rings (SSSR count). The molecule has 0 aliphatic rings. The minimum absolute atomic E-state index is 0.260. The van der Waals surface area contributed by atoms with Gasteiger partial charge < -0.3 is 28.8 Å². The van der Waals surface area contributed by atoms with E-state index in [1.807, 2.05) is 43.4 Å². The minimum Gasteiger partial charge on any atom is -0.448 e. The lowest BCUT2D eigenvalue weighted by Gasteiger charge is -2.17. The van der Waals surface area contributed by atoms with Gasteiger partial charge in [0, 0.05) is 40.7 Å². The zero-order valence-electron chi connectivity index (χ0n) is 24.8. The van der Waals surface area contributed by atoms with Crippen LogP contribution in [0.4, 0.5) is 9.80 Å². The molecule has 1 amide bonds.